The van der Waals surface area contributed by atoms with E-state index in [1.807, 2.05) is 12.4 Å². The molecular formula is C22H28N2O2. The van der Waals surface area contributed by atoms with Gasteiger partial charge in [0.1, 0.15) is 5.60 Å². The molecule has 4 heteroatoms. The lowest BCUT2D eigenvalue weighted by atomic mass is 9.80. The van der Waals surface area contributed by atoms with E-state index >= 15 is 0 Å². The van der Waals surface area contributed by atoms with Gasteiger partial charge in [-0.15, -0.1) is 0 Å². The third-order valence-electron chi connectivity index (χ3n) is 5.86. The molecule has 3 heterocycles. The Morgan fingerprint density at radius 1 is 1.19 bits per heavy atom. The lowest BCUT2D eigenvalue weighted by molar-refractivity contribution is -0.227. The molecule has 0 radical (unpaired) electrons. The third kappa shape index (κ3) is 3.68. The van der Waals surface area contributed by atoms with Crippen LogP contribution in [0.3, 0.4) is 0 Å². The van der Waals surface area contributed by atoms with Crippen LogP contribution in [0.5, 0.6) is 0 Å². The zero-order chi connectivity index (χ0) is 17.8. The van der Waals surface area contributed by atoms with Crippen molar-refractivity contribution in [2.75, 3.05) is 26.7 Å². The van der Waals surface area contributed by atoms with Gasteiger partial charge in [0.05, 0.1) is 0 Å². The maximum atomic E-state index is 6.42. The molecule has 4 nitrogen and oxygen atoms in total. The summed E-state index contributed by atoms with van der Waals surface area (Å²) >= 11 is 0. The summed E-state index contributed by atoms with van der Waals surface area (Å²) in [7, 11) is 1.74. The Balaban J connectivity index is 1.36. The van der Waals surface area contributed by atoms with Gasteiger partial charge in [0.2, 0.25) is 0 Å². The lowest BCUT2D eigenvalue weighted by Gasteiger charge is -2.46. The minimum Gasteiger partial charge on any atom is -0.356 e. The van der Waals surface area contributed by atoms with E-state index in [-0.39, 0.29) is 11.9 Å². The van der Waals surface area contributed by atoms with Crippen molar-refractivity contribution in [3.63, 3.8) is 0 Å². The molecule has 1 unspecified atom stereocenters. The second kappa shape index (κ2) is 7.87. The van der Waals surface area contributed by atoms with Crippen molar-refractivity contribution in [3.05, 3.63) is 65.5 Å². The highest BCUT2D eigenvalue weighted by atomic mass is 16.7. The number of likely N-dealkylation sites (tertiary alicyclic amines) is 1. The maximum absolute atomic E-state index is 6.42. The van der Waals surface area contributed by atoms with Crippen LogP contribution in [-0.4, -0.2) is 42.9 Å². The van der Waals surface area contributed by atoms with Crippen molar-refractivity contribution in [1.29, 1.82) is 0 Å². The van der Waals surface area contributed by atoms with Crippen LogP contribution in [0.2, 0.25) is 0 Å². The number of ether oxygens (including phenoxy) is 2. The van der Waals surface area contributed by atoms with E-state index in [4.69, 9.17) is 9.47 Å². The molecule has 2 aromatic rings. The Morgan fingerprint density at radius 3 is 2.77 bits per heavy atom. The number of methoxy groups -OCH3 is 1. The molecule has 26 heavy (non-hydrogen) atoms. The Hall–Kier alpha value is -1.75. The van der Waals surface area contributed by atoms with Gasteiger partial charge in [-0.2, -0.15) is 0 Å². The molecule has 0 N–H and O–H groups in total. The van der Waals surface area contributed by atoms with Gasteiger partial charge in [0, 0.05) is 44.6 Å². The average Bonchev–Trinajstić information content (AvgIpc) is 2.70. The fourth-order valence-electron chi connectivity index (χ4n) is 4.36. The summed E-state index contributed by atoms with van der Waals surface area (Å²) in [6, 6.07) is 12.9. The largest absolute Gasteiger partial charge is 0.356 e. The summed E-state index contributed by atoms with van der Waals surface area (Å²) < 4.78 is 12.0. The van der Waals surface area contributed by atoms with Gasteiger partial charge in [-0.3, -0.25) is 4.98 Å². The summed E-state index contributed by atoms with van der Waals surface area (Å²) in [5, 5.41) is 0. The molecule has 1 atom stereocenters. The van der Waals surface area contributed by atoms with E-state index in [0.717, 1.165) is 45.3 Å². The Labute approximate surface area is 156 Å². The number of pyridine rings is 1. The van der Waals surface area contributed by atoms with Gasteiger partial charge in [0.25, 0.3) is 0 Å². The second-order valence-corrected chi connectivity index (χ2v) is 7.45. The highest BCUT2D eigenvalue weighted by Gasteiger charge is 2.43. The Kier molecular flexibility index (Phi) is 5.34. The van der Waals surface area contributed by atoms with Crippen LogP contribution in [-0.2, 0) is 27.9 Å². The Morgan fingerprint density at radius 2 is 2.00 bits per heavy atom. The van der Waals surface area contributed by atoms with Crippen LogP contribution >= 0.6 is 0 Å². The summed E-state index contributed by atoms with van der Waals surface area (Å²) in [6.45, 7) is 3.29. The van der Waals surface area contributed by atoms with Gasteiger partial charge in [-0.25, -0.2) is 0 Å². The maximum Gasteiger partial charge on any atom is 0.162 e. The van der Waals surface area contributed by atoms with Gasteiger partial charge < -0.3 is 14.4 Å². The molecule has 2 aliphatic heterocycles. The van der Waals surface area contributed by atoms with Gasteiger partial charge in [0.15, 0.2) is 6.29 Å². The van der Waals surface area contributed by atoms with Crippen molar-refractivity contribution in [1.82, 2.24) is 9.88 Å². The van der Waals surface area contributed by atoms with Crippen molar-refractivity contribution < 1.29 is 9.47 Å². The average molecular weight is 352 g/mol. The smallest absolute Gasteiger partial charge is 0.162 e. The predicted octanol–water partition coefficient (Wildman–Crippen LogP) is 3.55. The van der Waals surface area contributed by atoms with Gasteiger partial charge >= 0.3 is 0 Å². The molecule has 1 aromatic carbocycles. The van der Waals surface area contributed by atoms with Crippen LogP contribution < -0.4 is 0 Å². The first kappa shape index (κ1) is 17.7. The van der Waals surface area contributed by atoms with Crippen molar-refractivity contribution >= 4 is 0 Å². The molecule has 138 valence electrons. The van der Waals surface area contributed by atoms with Crippen LogP contribution in [0.15, 0.2) is 48.8 Å². The molecule has 0 bridgehead atoms. The minimum atomic E-state index is -0.224. The fourth-order valence-corrected chi connectivity index (χ4v) is 4.36. The van der Waals surface area contributed by atoms with Gasteiger partial charge in [-0.05, 0) is 49.4 Å². The summed E-state index contributed by atoms with van der Waals surface area (Å²) in [5.41, 5.74) is 3.81. The standard InChI is InChI=1S/C22H28N2O2/c1-25-21-16-19-9-12-23-17-20(19)22(26-21)10-14-24(15-11-22)13-5-8-18-6-3-2-4-7-18/h2-4,6-7,9,12,17,21H,5,8,10-11,13-16H2,1H3. The number of nitrogens with zero attached hydrogens (tertiary/aromatic N) is 2. The number of aromatic nitrogens is 1. The SMILES string of the molecule is COC1Cc2ccncc2C2(CCN(CCCc3ccccc3)CC2)O1. The number of fused-ring (bicyclic) bond motifs is 2. The second-order valence-electron chi connectivity index (χ2n) is 7.45. The first-order chi connectivity index (χ1) is 12.8. The quantitative estimate of drug-likeness (QED) is 0.824. The molecule has 0 saturated carbocycles. The number of rotatable bonds is 5. The first-order valence-corrected chi connectivity index (χ1v) is 9.69. The first-order valence-electron chi connectivity index (χ1n) is 9.69. The van der Waals surface area contributed by atoms with Gasteiger partial charge in [-0.1, -0.05) is 30.3 Å². The van der Waals surface area contributed by atoms with E-state index in [2.05, 4.69) is 46.3 Å². The van der Waals surface area contributed by atoms with Crippen molar-refractivity contribution in [2.45, 2.75) is 44.0 Å². The molecule has 2 aliphatic rings. The fraction of sp³-hybridized carbons (Fsp3) is 0.500. The highest BCUT2D eigenvalue weighted by molar-refractivity contribution is 5.32. The predicted molar refractivity (Wildman–Crippen MR) is 102 cm³/mol. The third-order valence-corrected chi connectivity index (χ3v) is 5.86. The summed E-state index contributed by atoms with van der Waals surface area (Å²) in [4.78, 5) is 6.94. The highest BCUT2D eigenvalue weighted by Crippen LogP contribution is 2.43. The van der Waals surface area contributed by atoms with E-state index < -0.39 is 0 Å². The van der Waals surface area contributed by atoms with Crippen LogP contribution in [0, 0.1) is 0 Å². The molecular weight excluding hydrogens is 324 g/mol. The zero-order valence-electron chi connectivity index (χ0n) is 15.6. The summed E-state index contributed by atoms with van der Waals surface area (Å²) in [6.07, 6.45) is 8.93. The van der Waals surface area contributed by atoms with Crippen LogP contribution in [0.25, 0.3) is 0 Å². The summed E-state index contributed by atoms with van der Waals surface area (Å²) in [5.74, 6) is 0. The lowest BCUT2D eigenvalue weighted by Crippen LogP contribution is -2.49. The minimum absolute atomic E-state index is 0.144. The monoisotopic (exact) mass is 352 g/mol. The normalized spacial score (nSPS) is 22.3. The van der Waals surface area contributed by atoms with Crippen molar-refractivity contribution in [3.8, 4) is 0 Å². The van der Waals surface area contributed by atoms with Crippen LogP contribution in [0.4, 0.5) is 0 Å². The molecule has 0 aliphatic carbocycles. The molecule has 1 fully saturated rings. The number of hydrogen-bond acceptors (Lipinski definition) is 4. The number of hydrogen-bond donors (Lipinski definition) is 0. The van der Waals surface area contributed by atoms with E-state index in [1.54, 1.807) is 7.11 Å². The van der Waals surface area contributed by atoms with Crippen LogP contribution in [0.1, 0.15) is 36.0 Å². The molecule has 1 aromatic heterocycles. The van der Waals surface area contributed by atoms with E-state index in [0.29, 0.717) is 0 Å². The molecule has 4 rings (SSSR count). The van der Waals surface area contributed by atoms with E-state index in [9.17, 15) is 0 Å². The molecule has 0 amide bonds. The topological polar surface area (TPSA) is 34.6 Å². The molecule has 1 saturated heterocycles. The number of benzene rings is 1. The molecule has 1 spiro atoms. The Bertz CT molecular complexity index is 711. The number of piperidine rings is 1. The number of aryl methyl sites for hydroxylation is 1. The zero-order valence-corrected chi connectivity index (χ0v) is 15.6. The van der Waals surface area contributed by atoms with Crippen molar-refractivity contribution in [2.24, 2.45) is 0 Å². The van der Waals surface area contributed by atoms with E-state index in [1.165, 1.54) is 23.1 Å².